The van der Waals surface area contributed by atoms with Gasteiger partial charge in [0, 0.05) is 5.92 Å². The van der Waals surface area contributed by atoms with E-state index in [4.69, 9.17) is 5.73 Å². The van der Waals surface area contributed by atoms with E-state index >= 15 is 0 Å². The highest BCUT2D eigenvalue weighted by molar-refractivity contribution is 4.73. The summed E-state index contributed by atoms with van der Waals surface area (Å²) in [7, 11) is 0. The molecular formula is C18H38FN. The summed E-state index contributed by atoms with van der Waals surface area (Å²) < 4.78 is 14.0. The molecule has 0 bridgehead atoms. The zero-order chi connectivity index (χ0) is 15.2. The Morgan fingerprint density at radius 1 is 0.800 bits per heavy atom. The minimum atomic E-state index is -0.700. The molecule has 0 heterocycles. The standard InChI is InChI=1S/C18H38FN/c1-4-5-6-7-8-9-10-11-12-13-14-18(19)17(15-20)16(2)3/h16-18H,4-15,20H2,1-3H3. The molecule has 0 aliphatic carbocycles. The van der Waals surface area contributed by atoms with Crippen LogP contribution in [0.25, 0.3) is 0 Å². The molecule has 0 rings (SSSR count). The third kappa shape index (κ3) is 10.7. The molecule has 2 unspecified atom stereocenters. The molecule has 0 aliphatic heterocycles. The predicted octanol–water partition coefficient (Wildman–Crippen LogP) is 5.87. The van der Waals surface area contributed by atoms with E-state index in [2.05, 4.69) is 20.8 Å². The van der Waals surface area contributed by atoms with Crippen LogP contribution in [-0.4, -0.2) is 12.7 Å². The highest BCUT2D eigenvalue weighted by atomic mass is 19.1. The summed E-state index contributed by atoms with van der Waals surface area (Å²) in [5.41, 5.74) is 5.65. The van der Waals surface area contributed by atoms with Gasteiger partial charge in [-0.2, -0.15) is 0 Å². The molecule has 20 heavy (non-hydrogen) atoms. The summed E-state index contributed by atoms with van der Waals surface area (Å²) >= 11 is 0. The van der Waals surface area contributed by atoms with Crippen LogP contribution in [0.1, 0.15) is 91.4 Å². The lowest BCUT2D eigenvalue weighted by Gasteiger charge is -2.22. The van der Waals surface area contributed by atoms with Gasteiger partial charge >= 0.3 is 0 Å². The fraction of sp³-hybridized carbons (Fsp3) is 1.00. The SMILES string of the molecule is CCCCCCCCCCCCC(F)C(CN)C(C)C. The Kier molecular flexibility index (Phi) is 13.8. The molecule has 2 atom stereocenters. The van der Waals surface area contributed by atoms with E-state index in [0.717, 1.165) is 6.42 Å². The molecular weight excluding hydrogens is 249 g/mol. The average Bonchev–Trinajstić information content (AvgIpc) is 2.41. The normalized spacial score (nSPS) is 14.7. The third-order valence-corrected chi connectivity index (χ3v) is 4.43. The molecule has 0 aromatic rings. The maximum atomic E-state index is 14.0. The molecule has 0 aromatic carbocycles. The van der Waals surface area contributed by atoms with Gasteiger partial charge in [-0.25, -0.2) is 4.39 Å². The molecule has 0 radical (unpaired) electrons. The Morgan fingerprint density at radius 2 is 1.25 bits per heavy atom. The molecule has 122 valence electrons. The maximum Gasteiger partial charge on any atom is 0.104 e. The van der Waals surface area contributed by atoms with E-state index in [-0.39, 0.29) is 5.92 Å². The Labute approximate surface area is 126 Å². The van der Waals surface area contributed by atoms with Crippen molar-refractivity contribution in [2.75, 3.05) is 6.54 Å². The Bertz CT molecular complexity index is 194. The second-order valence-corrected chi connectivity index (χ2v) is 6.63. The van der Waals surface area contributed by atoms with Crippen LogP contribution < -0.4 is 5.73 Å². The lowest BCUT2D eigenvalue weighted by molar-refractivity contribution is 0.171. The quantitative estimate of drug-likeness (QED) is 0.397. The fourth-order valence-corrected chi connectivity index (χ4v) is 2.88. The maximum absolute atomic E-state index is 14.0. The number of halogens is 1. The fourth-order valence-electron chi connectivity index (χ4n) is 2.88. The lowest BCUT2D eigenvalue weighted by atomic mass is 9.88. The van der Waals surface area contributed by atoms with Crippen molar-refractivity contribution in [2.24, 2.45) is 17.6 Å². The van der Waals surface area contributed by atoms with Crippen LogP contribution in [0.2, 0.25) is 0 Å². The Hall–Kier alpha value is -0.110. The Morgan fingerprint density at radius 3 is 1.65 bits per heavy atom. The van der Waals surface area contributed by atoms with Crippen LogP contribution in [0.3, 0.4) is 0 Å². The van der Waals surface area contributed by atoms with Crippen LogP contribution >= 0.6 is 0 Å². The van der Waals surface area contributed by atoms with E-state index in [1.807, 2.05) is 0 Å². The van der Waals surface area contributed by atoms with Crippen LogP contribution in [0.5, 0.6) is 0 Å². The minimum Gasteiger partial charge on any atom is -0.330 e. The topological polar surface area (TPSA) is 26.0 Å². The summed E-state index contributed by atoms with van der Waals surface area (Å²) in [4.78, 5) is 0. The summed E-state index contributed by atoms with van der Waals surface area (Å²) in [6.07, 6.45) is 13.1. The van der Waals surface area contributed by atoms with Gasteiger partial charge in [-0.1, -0.05) is 85.0 Å². The third-order valence-electron chi connectivity index (χ3n) is 4.43. The molecule has 2 N–H and O–H groups in total. The van der Waals surface area contributed by atoms with Crippen molar-refractivity contribution in [3.63, 3.8) is 0 Å². The molecule has 0 aliphatic rings. The van der Waals surface area contributed by atoms with Gasteiger partial charge in [0.05, 0.1) is 0 Å². The summed E-state index contributed by atoms with van der Waals surface area (Å²) in [5.74, 6) is 0.409. The van der Waals surface area contributed by atoms with Crippen molar-refractivity contribution < 1.29 is 4.39 Å². The average molecular weight is 288 g/mol. The number of unbranched alkanes of at least 4 members (excludes halogenated alkanes) is 9. The first-order chi connectivity index (χ1) is 9.63. The van der Waals surface area contributed by atoms with Crippen molar-refractivity contribution in [2.45, 2.75) is 97.6 Å². The number of hydrogen-bond donors (Lipinski definition) is 1. The van der Waals surface area contributed by atoms with E-state index in [1.54, 1.807) is 0 Å². The smallest absolute Gasteiger partial charge is 0.104 e. The van der Waals surface area contributed by atoms with Gasteiger partial charge < -0.3 is 5.73 Å². The highest BCUT2D eigenvalue weighted by Crippen LogP contribution is 2.22. The van der Waals surface area contributed by atoms with Crippen molar-refractivity contribution >= 4 is 0 Å². The van der Waals surface area contributed by atoms with E-state index in [9.17, 15) is 4.39 Å². The second kappa shape index (κ2) is 13.9. The summed E-state index contributed by atoms with van der Waals surface area (Å²) in [5, 5.41) is 0. The molecule has 0 amide bonds. The number of hydrogen-bond acceptors (Lipinski definition) is 1. The van der Waals surface area contributed by atoms with Crippen LogP contribution in [0.15, 0.2) is 0 Å². The first-order valence-corrected chi connectivity index (χ1v) is 8.97. The van der Waals surface area contributed by atoms with Gasteiger partial charge in [0.25, 0.3) is 0 Å². The zero-order valence-electron chi connectivity index (χ0n) is 14.2. The summed E-state index contributed by atoms with van der Waals surface area (Å²) in [6, 6.07) is 0. The van der Waals surface area contributed by atoms with Gasteiger partial charge in [0.2, 0.25) is 0 Å². The van der Waals surface area contributed by atoms with Crippen LogP contribution in [0.4, 0.5) is 4.39 Å². The molecule has 0 saturated heterocycles. The van der Waals surface area contributed by atoms with E-state index in [0.29, 0.717) is 18.9 Å². The van der Waals surface area contributed by atoms with Gasteiger partial charge in [-0.15, -0.1) is 0 Å². The molecule has 1 nitrogen and oxygen atoms in total. The Balaban J connectivity index is 3.35. The monoisotopic (exact) mass is 287 g/mol. The molecule has 2 heteroatoms. The van der Waals surface area contributed by atoms with Gasteiger partial charge in [-0.3, -0.25) is 0 Å². The number of nitrogens with two attached hydrogens (primary N) is 1. The number of alkyl halides is 1. The van der Waals surface area contributed by atoms with Crippen molar-refractivity contribution in [1.82, 2.24) is 0 Å². The zero-order valence-corrected chi connectivity index (χ0v) is 14.2. The predicted molar refractivity (Wildman–Crippen MR) is 88.7 cm³/mol. The summed E-state index contributed by atoms with van der Waals surface area (Å²) in [6.45, 7) is 6.88. The molecule has 0 saturated carbocycles. The lowest BCUT2D eigenvalue weighted by Crippen LogP contribution is -2.29. The largest absolute Gasteiger partial charge is 0.330 e. The van der Waals surface area contributed by atoms with Gasteiger partial charge in [0.1, 0.15) is 6.17 Å². The van der Waals surface area contributed by atoms with Crippen molar-refractivity contribution in [3.8, 4) is 0 Å². The van der Waals surface area contributed by atoms with Crippen LogP contribution in [-0.2, 0) is 0 Å². The first-order valence-electron chi connectivity index (χ1n) is 8.97. The van der Waals surface area contributed by atoms with Gasteiger partial charge in [0.15, 0.2) is 0 Å². The van der Waals surface area contributed by atoms with Crippen molar-refractivity contribution in [1.29, 1.82) is 0 Å². The molecule has 0 spiro atoms. The number of rotatable bonds is 14. The van der Waals surface area contributed by atoms with Gasteiger partial charge in [-0.05, 0) is 18.9 Å². The van der Waals surface area contributed by atoms with Crippen molar-refractivity contribution in [3.05, 3.63) is 0 Å². The molecule has 0 aromatic heterocycles. The highest BCUT2D eigenvalue weighted by Gasteiger charge is 2.22. The second-order valence-electron chi connectivity index (χ2n) is 6.63. The van der Waals surface area contributed by atoms with E-state index in [1.165, 1.54) is 57.8 Å². The minimum absolute atomic E-state index is 0.0496. The van der Waals surface area contributed by atoms with E-state index < -0.39 is 6.17 Å². The first kappa shape index (κ1) is 19.9. The van der Waals surface area contributed by atoms with Crippen LogP contribution in [0, 0.1) is 11.8 Å². The molecule has 0 fully saturated rings.